The average Bonchev–Trinajstić information content (AvgIpc) is 3.12. The molecule has 0 spiro atoms. The number of aromatic amines is 1. The standard InChI is InChI=1S/C20H21N5O3S/c1-2-28-16-10-8-14(9-11-16)18-22-24-20(29)25(18)13-12-17(26)21-23-19(27)15-6-4-3-5-7-15/h3-11H,2,12-13H2,1H3,(H,21,26)(H,23,27)(H,24,29). The van der Waals surface area contributed by atoms with Crippen molar-refractivity contribution < 1.29 is 14.3 Å². The Kier molecular flexibility index (Phi) is 6.75. The van der Waals surface area contributed by atoms with Crippen LogP contribution in [0.5, 0.6) is 5.75 Å². The third kappa shape index (κ3) is 5.29. The molecule has 8 nitrogen and oxygen atoms in total. The highest BCUT2D eigenvalue weighted by atomic mass is 32.1. The Balaban J connectivity index is 1.59. The lowest BCUT2D eigenvalue weighted by Gasteiger charge is -2.09. The summed E-state index contributed by atoms with van der Waals surface area (Å²) < 4.78 is 7.60. The Labute approximate surface area is 172 Å². The number of carbonyl (C=O) groups is 2. The summed E-state index contributed by atoms with van der Waals surface area (Å²) in [5.41, 5.74) is 6.11. The van der Waals surface area contributed by atoms with E-state index < -0.39 is 0 Å². The summed E-state index contributed by atoms with van der Waals surface area (Å²) in [7, 11) is 0. The van der Waals surface area contributed by atoms with Gasteiger partial charge in [-0.05, 0) is 55.5 Å². The van der Waals surface area contributed by atoms with Crippen LogP contribution >= 0.6 is 12.2 Å². The highest BCUT2D eigenvalue weighted by Crippen LogP contribution is 2.21. The molecule has 0 bridgehead atoms. The fourth-order valence-corrected chi connectivity index (χ4v) is 2.90. The van der Waals surface area contributed by atoms with E-state index in [1.54, 1.807) is 28.8 Å². The van der Waals surface area contributed by atoms with Crippen LogP contribution in [0.4, 0.5) is 0 Å². The molecular formula is C20H21N5O3S. The molecule has 29 heavy (non-hydrogen) atoms. The number of amides is 2. The summed E-state index contributed by atoms with van der Waals surface area (Å²) >= 11 is 5.28. The number of hydrogen-bond acceptors (Lipinski definition) is 5. The van der Waals surface area contributed by atoms with Gasteiger partial charge in [0.1, 0.15) is 5.75 Å². The summed E-state index contributed by atoms with van der Waals surface area (Å²) in [6.45, 7) is 2.82. The third-order valence-corrected chi connectivity index (χ3v) is 4.41. The van der Waals surface area contributed by atoms with Gasteiger partial charge in [0.25, 0.3) is 5.91 Å². The quantitative estimate of drug-likeness (QED) is 0.410. The molecule has 0 saturated heterocycles. The molecule has 150 valence electrons. The van der Waals surface area contributed by atoms with Gasteiger partial charge in [-0.25, -0.2) is 0 Å². The van der Waals surface area contributed by atoms with Crippen molar-refractivity contribution in [3.05, 3.63) is 64.9 Å². The molecule has 1 aromatic heterocycles. The SMILES string of the molecule is CCOc1ccc(-c2n[nH]c(=S)n2CCC(=O)NNC(=O)c2ccccc2)cc1. The van der Waals surface area contributed by atoms with Gasteiger partial charge in [-0.2, -0.15) is 5.10 Å². The van der Waals surface area contributed by atoms with Gasteiger partial charge in [-0.1, -0.05) is 18.2 Å². The second kappa shape index (κ2) is 9.65. The van der Waals surface area contributed by atoms with Crippen LogP contribution in [-0.4, -0.2) is 33.2 Å². The molecule has 1 heterocycles. The Bertz CT molecular complexity index is 1030. The number of nitrogens with zero attached hydrogens (tertiary/aromatic N) is 2. The summed E-state index contributed by atoms with van der Waals surface area (Å²) in [6, 6.07) is 16.1. The summed E-state index contributed by atoms with van der Waals surface area (Å²) in [5.74, 6) is 0.675. The van der Waals surface area contributed by atoms with Crippen molar-refractivity contribution in [2.24, 2.45) is 0 Å². The van der Waals surface area contributed by atoms with Crippen molar-refractivity contribution in [3.8, 4) is 17.1 Å². The van der Waals surface area contributed by atoms with Crippen LogP contribution < -0.4 is 15.6 Å². The Hall–Kier alpha value is -3.46. The van der Waals surface area contributed by atoms with Gasteiger partial charge in [0.05, 0.1) is 6.61 Å². The van der Waals surface area contributed by atoms with Gasteiger partial charge in [0.2, 0.25) is 5.91 Å². The molecule has 0 unspecified atom stereocenters. The third-order valence-electron chi connectivity index (χ3n) is 4.10. The Morgan fingerprint density at radius 3 is 2.52 bits per heavy atom. The van der Waals surface area contributed by atoms with Gasteiger partial charge in [-0.15, -0.1) is 0 Å². The molecule has 2 aromatic carbocycles. The minimum atomic E-state index is -0.381. The lowest BCUT2D eigenvalue weighted by atomic mass is 10.2. The van der Waals surface area contributed by atoms with Crippen LogP contribution in [0.1, 0.15) is 23.7 Å². The minimum absolute atomic E-state index is 0.118. The number of rotatable bonds is 7. The van der Waals surface area contributed by atoms with Crippen molar-refractivity contribution in [2.75, 3.05) is 6.61 Å². The molecule has 0 fully saturated rings. The first-order valence-corrected chi connectivity index (χ1v) is 9.52. The number of carbonyl (C=O) groups excluding carboxylic acids is 2. The van der Waals surface area contributed by atoms with E-state index in [2.05, 4.69) is 21.0 Å². The summed E-state index contributed by atoms with van der Waals surface area (Å²) in [5, 5.41) is 7.01. The largest absolute Gasteiger partial charge is 0.494 e. The van der Waals surface area contributed by atoms with Crippen LogP contribution in [0, 0.1) is 4.77 Å². The predicted molar refractivity (Wildman–Crippen MR) is 111 cm³/mol. The number of benzene rings is 2. The Morgan fingerprint density at radius 1 is 1.10 bits per heavy atom. The molecule has 0 aliphatic heterocycles. The van der Waals surface area contributed by atoms with Crippen LogP contribution in [0.3, 0.4) is 0 Å². The maximum atomic E-state index is 12.1. The van der Waals surface area contributed by atoms with Crippen LogP contribution in [-0.2, 0) is 11.3 Å². The highest BCUT2D eigenvalue weighted by molar-refractivity contribution is 7.71. The molecular weight excluding hydrogens is 390 g/mol. The number of hydrazine groups is 1. The van der Waals surface area contributed by atoms with Crippen molar-refractivity contribution in [3.63, 3.8) is 0 Å². The zero-order chi connectivity index (χ0) is 20.6. The van der Waals surface area contributed by atoms with Gasteiger partial charge in [0, 0.05) is 24.1 Å². The number of hydrogen-bond donors (Lipinski definition) is 3. The second-order valence-corrected chi connectivity index (χ2v) is 6.47. The first kappa shape index (κ1) is 20.3. The number of ether oxygens (including phenoxy) is 1. The molecule has 3 N–H and O–H groups in total. The molecule has 0 aliphatic carbocycles. The molecule has 0 atom stereocenters. The monoisotopic (exact) mass is 411 g/mol. The van der Waals surface area contributed by atoms with Crippen molar-refractivity contribution in [1.82, 2.24) is 25.6 Å². The van der Waals surface area contributed by atoms with Crippen LogP contribution in [0.2, 0.25) is 0 Å². The summed E-state index contributed by atoms with van der Waals surface area (Å²) in [4.78, 5) is 24.1. The van der Waals surface area contributed by atoms with Gasteiger partial charge >= 0.3 is 0 Å². The number of nitrogens with one attached hydrogen (secondary N) is 3. The molecule has 2 amide bonds. The maximum absolute atomic E-state index is 12.1. The van der Waals surface area contributed by atoms with Crippen molar-refractivity contribution in [2.45, 2.75) is 19.9 Å². The smallest absolute Gasteiger partial charge is 0.269 e. The lowest BCUT2D eigenvalue weighted by Crippen LogP contribution is -2.41. The zero-order valence-corrected chi connectivity index (χ0v) is 16.7. The van der Waals surface area contributed by atoms with Gasteiger partial charge in [-0.3, -0.25) is 30.1 Å². The Morgan fingerprint density at radius 2 is 1.83 bits per heavy atom. The first-order valence-electron chi connectivity index (χ1n) is 9.11. The maximum Gasteiger partial charge on any atom is 0.269 e. The first-order chi connectivity index (χ1) is 14.1. The molecule has 3 aromatic rings. The molecule has 0 saturated carbocycles. The van der Waals surface area contributed by atoms with Crippen molar-refractivity contribution >= 4 is 24.0 Å². The van der Waals surface area contributed by atoms with Crippen molar-refractivity contribution in [1.29, 1.82) is 0 Å². The van der Waals surface area contributed by atoms with E-state index >= 15 is 0 Å². The fraction of sp³-hybridized carbons (Fsp3) is 0.200. The normalized spacial score (nSPS) is 10.4. The highest BCUT2D eigenvalue weighted by Gasteiger charge is 2.12. The van der Waals surface area contributed by atoms with E-state index in [0.29, 0.717) is 29.3 Å². The molecule has 0 radical (unpaired) electrons. The lowest BCUT2D eigenvalue weighted by molar-refractivity contribution is -0.122. The fourth-order valence-electron chi connectivity index (χ4n) is 2.68. The minimum Gasteiger partial charge on any atom is -0.494 e. The van der Waals surface area contributed by atoms with E-state index in [1.165, 1.54) is 0 Å². The number of aromatic nitrogens is 3. The average molecular weight is 411 g/mol. The second-order valence-electron chi connectivity index (χ2n) is 6.08. The van der Waals surface area contributed by atoms with Gasteiger partial charge in [0.15, 0.2) is 10.6 Å². The van der Waals surface area contributed by atoms with Crippen LogP contribution in [0.15, 0.2) is 54.6 Å². The summed E-state index contributed by atoms with van der Waals surface area (Å²) in [6.07, 6.45) is 0.118. The van der Waals surface area contributed by atoms with E-state index in [0.717, 1.165) is 11.3 Å². The van der Waals surface area contributed by atoms with Gasteiger partial charge < -0.3 is 4.74 Å². The topological polar surface area (TPSA) is 101 Å². The molecule has 3 rings (SSSR count). The predicted octanol–water partition coefficient (Wildman–Crippen LogP) is 2.86. The molecule has 0 aliphatic rings. The van der Waals surface area contributed by atoms with E-state index in [9.17, 15) is 9.59 Å². The van der Waals surface area contributed by atoms with E-state index in [1.807, 2.05) is 37.3 Å². The number of H-pyrrole nitrogens is 1. The van der Waals surface area contributed by atoms with E-state index in [-0.39, 0.29) is 18.2 Å². The van der Waals surface area contributed by atoms with Crippen LogP contribution in [0.25, 0.3) is 11.4 Å². The molecule has 9 heteroatoms. The van der Waals surface area contributed by atoms with E-state index in [4.69, 9.17) is 17.0 Å². The zero-order valence-electron chi connectivity index (χ0n) is 15.8.